The first kappa shape index (κ1) is 16.1. The molecule has 1 aliphatic heterocycles. The maximum Gasteiger partial charge on any atom is 0.183 e. The fourth-order valence-corrected chi connectivity index (χ4v) is 3.94. The van der Waals surface area contributed by atoms with Crippen LogP contribution in [0.4, 0.5) is 5.69 Å². The van der Waals surface area contributed by atoms with Gasteiger partial charge in [0.1, 0.15) is 5.75 Å². The van der Waals surface area contributed by atoms with Crippen LogP contribution >= 0.6 is 0 Å². The van der Waals surface area contributed by atoms with Gasteiger partial charge in [-0.1, -0.05) is 0 Å². The SMILES string of the molecule is CCOc1ccc(N)c(S(=O)(=O)CC2CN(C)CCO2)c1. The van der Waals surface area contributed by atoms with Crippen LogP contribution in [0.1, 0.15) is 6.92 Å². The molecule has 0 bridgehead atoms. The van der Waals surface area contributed by atoms with Crippen LogP contribution in [0.3, 0.4) is 0 Å². The molecule has 1 aliphatic rings. The second kappa shape index (κ2) is 6.64. The number of likely N-dealkylation sites (N-methyl/N-ethyl adjacent to an activating group) is 1. The molecule has 0 spiro atoms. The minimum atomic E-state index is -3.51. The van der Waals surface area contributed by atoms with Crippen LogP contribution in [0.5, 0.6) is 5.75 Å². The highest BCUT2D eigenvalue weighted by Crippen LogP contribution is 2.26. The van der Waals surface area contributed by atoms with Gasteiger partial charge in [0.05, 0.1) is 35.7 Å². The van der Waals surface area contributed by atoms with E-state index in [1.807, 2.05) is 14.0 Å². The van der Waals surface area contributed by atoms with Crippen molar-refractivity contribution >= 4 is 15.5 Å². The van der Waals surface area contributed by atoms with Crippen LogP contribution in [-0.2, 0) is 14.6 Å². The number of anilines is 1. The normalized spacial score (nSPS) is 20.4. The summed E-state index contributed by atoms with van der Waals surface area (Å²) in [5.41, 5.74) is 6.06. The fraction of sp³-hybridized carbons (Fsp3) is 0.571. The van der Waals surface area contributed by atoms with Gasteiger partial charge in [0.15, 0.2) is 9.84 Å². The predicted molar refractivity (Wildman–Crippen MR) is 81.3 cm³/mol. The van der Waals surface area contributed by atoms with Crippen molar-refractivity contribution in [1.82, 2.24) is 4.90 Å². The highest BCUT2D eigenvalue weighted by atomic mass is 32.2. The first-order valence-corrected chi connectivity index (χ1v) is 8.63. The topological polar surface area (TPSA) is 81.9 Å². The van der Waals surface area contributed by atoms with E-state index in [0.717, 1.165) is 6.54 Å². The number of nitrogen functional groups attached to an aromatic ring is 1. The summed E-state index contributed by atoms with van der Waals surface area (Å²) >= 11 is 0. The Morgan fingerprint density at radius 3 is 2.90 bits per heavy atom. The first-order valence-electron chi connectivity index (χ1n) is 6.97. The average molecular weight is 314 g/mol. The number of morpholine rings is 1. The Morgan fingerprint density at radius 1 is 1.48 bits per heavy atom. The van der Waals surface area contributed by atoms with E-state index in [9.17, 15) is 8.42 Å². The molecule has 2 rings (SSSR count). The van der Waals surface area contributed by atoms with E-state index in [-0.39, 0.29) is 22.4 Å². The van der Waals surface area contributed by atoms with Crippen molar-refractivity contribution in [2.75, 3.05) is 44.8 Å². The Hall–Kier alpha value is -1.31. The van der Waals surface area contributed by atoms with Gasteiger partial charge in [-0.15, -0.1) is 0 Å². The molecule has 0 radical (unpaired) electrons. The molecule has 2 N–H and O–H groups in total. The first-order chi connectivity index (χ1) is 9.92. The van der Waals surface area contributed by atoms with Crippen molar-refractivity contribution in [2.24, 2.45) is 0 Å². The van der Waals surface area contributed by atoms with Crippen molar-refractivity contribution < 1.29 is 17.9 Å². The lowest BCUT2D eigenvalue weighted by atomic mass is 10.3. The van der Waals surface area contributed by atoms with Crippen LogP contribution in [-0.4, -0.2) is 58.5 Å². The minimum absolute atomic E-state index is 0.0723. The zero-order chi connectivity index (χ0) is 15.5. The number of hydrogen-bond acceptors (Lipinski definition) is 6. The molecule has 7 heteroatoms. The largest absolute Gasteiger partial charge is 0.494 e. The summed E-state index contributed by atoms with van der Waals surface area (Å²) in [6.45, 7) is 4.28. The summed E-state index contributed by atoms with van der Waals surface area (Å²) in [5.74, 6) is 0.434. The Kier molecular flexibility index (Phi) is 5.08. The van der Waals surface area contributed by atoms with E-state index in [1.54, 1.807) is 12.1 Å². The van der Waals surface area contributed by atoms with Crippen molar-refractivity contribution in [1.29, 1.82) is 0 Å². The number of nitrogens with zero attached hydrogens (tertiary/aromatic N) is 1. The third-order valence-corrected chi connectivity index (χ3v) is 5.21. The van der Waals surface area contributed by atoms with Crippen LogP contribution in [0.15, 0.2) is 23.1 Å². The molecule has 6 nitrogen and oxygen atoms in total. The van der Waals surface area contributed by atoms with Crippen LogP contribution in [0, 0.1) is 0 Å². The summed E-state index contributed by atoms with van der Waals surface area (Å²) in [5, 5.41) is 0. The molecule has 118 valence electrons. The van der Waals surface area contributed by atoms with Gasteiger partial charge in [-0.2, -0.15) is 0 Å². The molecule has 0 saturated carbocycles. The lowest BCUT2D eigenvalue weighted by Gasteiger charge is -2.29. The maximum absolute atomic E-state index is 12.6. The molecule has 1 atom stereocenters. The molecule has 1 aromatic carbocycles. The number of benzene rings is 1. The highest BCUT2D eigenvalue weighted by molar-refractivity contribution is 7.91. The number of hydrogen-bond donors (Lipinski definition) is 1. The molecule has 1 fully saturated rings. The highest BCUT2D eigenvalue weighted by Gasteiger charge is 2.27. The van der Waals surface area contributed by atoms with Crippen molar-refractivity contribution in [2.45, 2.75) is 17.9 Å². The monoisotopic (exact) mass is 314 g/mol. The molecule has 1 aromatic rings. The Labute approximate surface area is 125 Å². The van der Waals surface area contributed by atoms with Gasteiger partial charge in [0, 0.05) is 19.2 Å². The predicted octanol–water partition coefficient (Wildman–Crippen LogP) is 0.772. The average Bonchev–Trinajstić information content (AvgIpc) is 2.40. The second-order valence-electron chi connectivity index (χ2n) is 5.17. The van der Waals surface area contributed by atoms with Gasteiger partial charge >= 0.3 is 0 Å². The Bertz CT molecular complexity index is 589. The van der Waals surface area contributed by atoms with E-state index in [4.69, 9.17) is 15.2 Å². The van der Waals surface area contributed by atoms with E-state index in [1.165, 1.54) is 6.07 Å². The summed E-state index contributed by atoms with van der Waals surface area (Å²) in [6.07, 6.45) is -0.330. The van der Waals surface area contributed by atoms with E-state index >= 15 is 0 Å². The number of rotatable bonds is 5. The van der Waals surface area contributed by atoms with E-state index < -0.39 is 9.84 Å². The quantitative estimate of drug-likeness (QED) is 0.809. The third kappa shape index (κ3) is 4.09. The van der Waals surface area contributed by atoms with Crippen LogP contribution < -0.4 is 10.5 Å². The lowest BCUT2D eigenvalue weighted by Crippen LogP contribution is -2.43. The Balaban J connectivity index is 2.20. The molecule has 1 unspecified atom stereocenters. The fourth-order valence-electron chi connectivity index (χ4n) is 2.34. The van der Waals surface area contributed by atoms with E-state index in [0.29, 0.717) is 25.5 Å². The van der Waals surface area contributed by atoms with Crippen molar-refractivity contribution in [3.05, 3.63) is 18.2 Å². The smallest absolute Gasteiger partial charge is 0.183 e. The molecule has 0 amide bonds. The van der Waals surface area contributed by atoms with Gasteiger partial charge in [-0.3, -0.25) is 0 Å². The summed E-state index contributed by atoms with van der Waals surface area (Å²) < 4.78 is 36.0. The van der Waals surface area contributed by atoms with Crippen molar-refractivity contribution in [3.63, 3.8) is 0 Å². The molecular weight excluding hydrogens is 292 g/mol. The van der Waals surface area contributed by atoms with Crippen LogP contribution in [0.2, 0.25) is 0 Å². The van der Waals surface area contributed by atoms with Crippen LogP contribution in [0.25, 0.3) is 0 Å². The summed E-state index contributed by atoms with van der Waals surface area (Å²) in [6, 6.07) is 4.72. The van der Waals surface area contributed by atoms with Gasteiger partial charge in [-0.25, -0.2) is 8.42 Å². The van der Waals surface area contributed by atoms with Gasteiger partial charge < -0.3 is 20.1 Å². The molecular formula is C14H22N2O4S. The minimum Gasteiger partial charge on any atom is -0.494 e. The zero-order valence-corrected chi connectivity index (χ0v) is 13.2. The number of ether oxygens (including phenoxy) is 2. The molecule has 1 heterocycles. The third-order valence-electron chi connectivity index (χ3n) is 3.38. The zero-order valence-electron chi connectivity index (χ0n) is 12.4. The standard InChI is InChI=1S/C14H22N2O4S/c1-3-19-11-4-5-13(15)14(8-11)21(17,18)10-12-9-16(2)6-7-20-12/h4-5,8,12H,3,6-7,9-10,15H2,1-2H3. The van der Waals surface area contributed by atoms with Gasteiger partial charge in [0.2, 0.25) is 0 Å². The van der Waals surface area contributed by atoms with Crippen molar-refractivity contribution in [3.8, 4) is 5.75 Å². The molecule has 21 heavy (non-hydrogen) atoms. The molecule has 0 aliphatic carbocycles. The lowest BCUT2D eigenvalue weighted by molar-refractivity contribution is -0.00680. The maximum atomic E-state index is 12.6. The summed E-state index contributed by atoms with van der Waals surface area (Å²) in [4.78, 5) is 2.18. The summed E-state index contributed by atoms with van der Waals surface area (Å²) in [7, 11) is -1.56. The van der Waals surface area contributed by atoms with E-state index in [2.05, 4.69) is 4.90 Å². The van der Waals surface area contributed by atoms with Gasteiger partial charge in [-0.05, 0) is 26.1 Å². The Morgan fingerprint density at radius 2 is 2.24 bits per heavy atom. The molecule has 0 aromatic heterocycles. The number of sulfone groups is 1. The second-order valence-corrected chi connectivity index (χ2v) is 7.17. The molecule has 1 saturated heterocycles. The van der Waals surface area contributed by atoms with Gasteiger partial charge in [0.25, 0.3) is 0 Å². The number of nitrogens with two attached hydrogens (primary N) is 1.